The molecule has 5 heteroatoms. The molecule has 0 aromatic heterocycles. The second-order valence-electron chi connectivity index (χ2n) is 5.15. The lowest BCUT2D eigenvalue weighted by molar-refractivity contribution is -0.120. The molecule has 23 heavy (non-hydrogen) atoms. The molecule has 5 nitrogen and oxygen atoms in total. The molecular formula is C18H20N2O3. The standard InChI is InChI=1S/C18H20N2O3/c1-13(21)20-16-10-15(8-9-17(16)23-2)12-19-18(22)11-14-6-4-3-5-7-14/h3-10H,11-12H2,1-2H3,(H,19,22)(H,20,21). The van der Waals surface area contributed by atoms with Crippen LogP contribution in [0.2, 0.25) is 0 Å². The van der Waals surface area contributed by atoms with Crippen LogP contribution in [-0.2, 0) is 22.6 Å². The second kappa shape index (κ2) is 7.98. The molecule has 0 fully saturated rings. The molecule has 2 N–H and O–H groups in total. The van der Waals surface area contributed by atoms with Gasteiger partial charge in [-0.15, -0.1) is 0 Å². The van der Waals surface area contributed by atoms with Crippen molar-refractivity contribution in [2.75, 3.05) is 12.4 Å². The third-order valence-electron chi connectivity index (χ3n) is 3.27. The van der Waals surface area contributed by atoms with Gasteiger partial charge in [0.15, 0.2) is 0 Å². The summed E-state index contributed by atoms with van der Waals surface area (Å²) in [5.41, 5.74) is 2.45. The molecule has 2 aromatic rings. The normalized spacial score (nSPS) is 10.0. The molecule has 0 bridgehead atoms. The van der Waals surface area contributed by atoms with Crippen molar-refractivity contribution in [3.8, 4) is 5.75 Å². The zero-order valence-corrected chi connectivity index (χ0v) is 13.3. The van der Waals surface area contributed by atoms with E-state index in [4.69, 9.17) is 4.74 Å². The Labute approximate surface area is 135 Å². The fourth-order valence-corrected chi connectivity index (χ4v) is 2.20. The molecule has 0 heterocycles. The Bertz CT molecular complexity index is 684. The fraction of sp³-hybridized carbons (Fsp3) is 0.222. The largest absolute Gasteiger partial charge is 0.495 e. The summed E-state index contributed by atoms with van der Waals surface area (Å²) in [7, 11) is 1.54. The number of hydrogen-bond donors (Lipinski definition) is 2. The molecule has 0 aliphatic heterocycles. The molecule has 0 saturated heterocycles. The highest BCUT2D eigenvalue weighted by Crippen LogP contribution is 2.25. The third kappa shape index (κ3) is 5.14. The van der Waals surface area contributed by atoms with Crippen LogP contribution in [0.1, 0.15) is 18.1 Å². The van der Waals surface area contributed by atoms with E-state index in [2.05, 4.69) is 10.6 Å². The number of hydrogen-bond acceptors (Lipinski definition) is 3. The Morgan fingerprint density at radius 3 is 2.43 bits per heavy atom. The topological polar surface area (TPSA) is 67.4 Å². The van der Waals surface area contributed by atoms with Gasteiger partial charge in [-0.2, -0.15) is 0 Å². The van der Waals surface area contributed by atoms with E-state index in [1.54, 1.807) is 19.2 Å². The van der Waals surface area contributed by atoms with Gasteiger partial charge >= 0.3 is 0 Å². The zero-order chi connectivity index (χ0) is 16.7. The van der Waals surface area contributed by atoms with E-state index in [1.807, 2.05) is 36.4 Å². The van der Waals surface area contributed by atoms with E-state index < -0.39 is 0 Å². The van der Waals surface area contributed by atoms with Gasteiger partial charge in [0.1, 0.15) is 5.75 Å². The van der Waals surface area contributed by atoms with Gasteiger partial charge in [0, 0.05) is 13.5 Å². The first-order valence-corrected chi connectivity index (χ1v) is 7.33. The average Bonchev–Trinajstić information content (AvgIpc) is 2.53. The molecule has 2 aromatic carbocycles. The summed E-state index contributed by atoms with van der Waals surface area (Å²) in [4.78, 5) is 23.2. The van der Waals surface area contributed by atoms with Gasteiger partial charge in [-0.1, -0.05) is 36.4 Å². The number of methoxy groups -OCH3 is 1. The summed E-state index contributed by atoms with van der Waals surface area (Å²) in [5, 5.41) is 5.59. The van der Waals surface area contributed by atoms with Crippen LogP contribution in [0, 0.1) is 0 Å². The van der Waals surface area contributed by atoms with Crippen molar-refractivity contribution in [1.29, 1.82) is 0 Å². The molecule has 0 saturated carbocycles. The van der Waals surface area contributed by atoms with E-state index in [0.29, 0.717) is 24.4 Å². The van der Waals surface area contributed by atoms with Gasteiger partial charge in [0.2, 0.25) is 11.8 Å². The molecule has 2 rings (SSSR count). The number of benzene rings is 2. The van der Waals surface area contributed by atoms with E-state index in [9.17, 15) is 9.59 Å². The minimum atomic E-state index is -0.173. The summed E-state index contributed by atoms with van der Waals surface area (Å²) < 4.78 is 5.20. The maximum absolute atomic E-state index is 12.0. The number of anilines is 1. The minimum absolute atomic E-state index is 0.0481. The maximum Gasteiger partial charge on any atom is 0.224 e. The predicted molar refractivity (Wildman–Crippen MR) is 89.3 cm³/mol. The highest BCUT2D eigenvalue weighted by molar-refractivity contribution is 5.90. The fourth-order valence-electron chi connectivity index (χ4n) is 2.20. The molecule has 0 aliphatic rings. The Morgan fingerprint density at radius 2 is 1.78 bits per heavy atom. The van der Waals surface area contributed by atoms with Crippen molar-refractivity contribution in [3.63, 3.8) is 0 Å². The van der Waals surface area contributed by atoms with Gasteiger partial charge < -0.3 is 15.4 Å². The Balaban J connectivity index is 1.97. The van der Waals surface area contributed by atoms with Gasteiger partial charge in [-0.25, -0.2) is 0 Å². The quantitative estimate of drug-likeness (QED) is 0.861. The van der Waals surface area contributed by atoms with Gasteiger partial charge in [-0.05, 0) is 23.3 Å². The lowest BCUT2D eigenvalue weighted by atomic mass is 10.1. The summed E-state index contributed by atoms with van der Waals surface area (Å²) >= 11 is 0. The number of carbonyl (C=O) groups excluding carboxylic acids is 2. The summed E-state index contributed by atoms with van der Waals surface area (Å²) in [6.07, 6.45) is 0.343. The molecule has 0 radical (unpaired) electrons. The monoisotopic (exact) mass is 312 g/mol. The van der Waals surface area contributed by atoms with E-state index >= 15 is 0 Å². The van der Waals surface area contributed by atoms with Crippen molar-refractivity contribution >= 4 is 17.5 Å². The number of nitrogens with one attached hydrogen (secondary N) is 2. The average molecular weight is 312 g/mol. The number of rotatable bonds is 6. The predicted octanol–water partition coefficient (Wildman–Crippen LogP) is 2.51. The van der Waals surface area contributed by atoms with E-state index in [-0.39, 0.29) is 11.8 Å². The maximum atomic E-state index is 12.0. The first kappa shape index (κ1) is 16.5. The van der Waals surface area contributed by atoms with Crippen LogP contribution in [0.25, 0.3) is 0 Å². The molecule has 2 amide bonds. The van der Waals surface area contributed by atoms with E-state index in [1.165, 1.54) is 6.92 Å². The summed E-state index contributed by atoms with van der Waals surface area (Å²) in [6, 6.07) is 15.0. The van der Waals surface area contributed by atoms with Crippen LogP contribution in [0.4, 0.5) is 5.69 Å². The lowest BCUT2D eigenvalue weighted by Crippen LogP contribution is -2.24. The summed E-state index contributed by atoms with van der Waals surface area (Å²) in [6.45, 7) is 1.83. The van der Waals surface area contributed by atoms with Crippen LogP contribution >= 0.6 is 0 Å². The smallest absolute Gasteiger partial charge is 0.224 e. The van der Waals surface area contributed by atoms with Gasteiger partial charge in [0.25, 0.3) is 0 Å². The first-order chi connectivity index (χ1) is 11.1. The van der Waals surface area contributed by atoms with Crippen molar-refractivity contribution in [3.05, 3.63) is 59.7 Å². The first-order valence-electron chi connectivity index (χ1n) is 7.33. The molecule has 0 unspecified atom stereocenters. The highest BCUT2D eigenvalue weighted by atomic mass is 16.5. The van der Waals surface area contributed by atoms with Gasteiger partial charge in [-0.3, -0.25) is 9.59 Å². The Kier molecular flexibility index (Phi) is 5.74. The molecule has 120 valence electrons. The Morgan fingerprint density at radius 1 is 1.04 bits per heavy atom. The molecule has 0 aliphatic carbocycles. The molecular weight excluding hydrogens is 292 g/mol. The third-order valence-corrected chi connectivity index (χ3v) is 3.27. The van der Waals surface area contributed by atoms with Crippen LogP contribution < -0.4 is 15.4 Å². The molecule has 0 spiro atoms. The number of carbonyl (C=O) groups is 2. The van der Waals surface area contributed by atoms with Crippen LogP contribution in [-0.4, -0.2) is 18.9 Å². The van der Waals surface area contributed by atoms with Crippen molar-refractivity contribution in [2.45, 2.75) is 19.9 Å². The van der Waals surface area contributed by atoms with Crippen LogP contribution in [0.5, 0.6) is 5.75 Å². The number of ether oxygens (including phenoxy) is 1. The zero-order valence-electron chi connectivity index (χ0n) is 13.3. The number of amides is 2. The van der Waals surface area contributed by atoms with Crippen molar-refractivity contribution < 1.29 is 14.3 Å². The minimum Gasteiger partial charge on any atom is -0.495 e. The highest BCUT2D eigenvalue weighted by Gasteiger charge is 2.07. The Hall–Kier alpha value is -2.82. The SMILES string of the molecule is COc1ccc(CNC(=O)Cc2ccccc2)cc1NC(C)=O. The summed E-state index contributed by atoms with van der Waals surface area (Å²) in [5.74, 6) is 0.362. The van der Waals surface area contributed by atoms with E-state index in [0.717, 1.165) is 11.1 Å². The van der Waals surface area contributed by atoms with Gasteiger partial charge in [0.05, 0.1) is 19.2 Å². The van der Waals surface area contributed by atoms with Crippen LogP contribution in [0.3, 0.4) is 0 Å². The molecule has 0 atom stereocenters. The second-order valence-corrected chi connectivity index (χ2v) is 5.15. The van der Waals surface area contributed by atoms with Crippen LogP contribution in [0.15, 0.2) is 48.5 Å². The van der Waals surface area contributed by atoms with Crippen molar-refractivity contribution in [2.24, 2.45) is 0 Å². The van der Waals surface area contributed by atoms with Crippen molar-refractivity contribution in [1.82, 2.24) is 5.32 Å². The lowest BCUT2D eigenvalue weighted by Gasteiger charge is -2.11.